The first-order valence-corrected chi connectivity index (χ1v) is 6.37. The number of benzene rings is 1. The van der Waals surface area contributed by atoms with Gasteiger partial charge in [-0.1, -0.05) is 12.1 Å². The fourth-order valence-electron chi connectivity index (χ4n) is 1.81. The third-order valence-corrected chi connectivity index (χ3v) is 2.80. The zero-order valence-corrected chi connectivity index (χ0v) is 11.3. The molecule has 1 aromatic heterocycles. The van der Waals surface area contributed by atoms with Crippen LogP contribution in [-0.2, 0) is 12.8 Å². The van der Waals surface area contributed by atoms with E-state index in [0.29, 0.717) is 12.4 Å². The summed E-state index contributed by atoms with van der Waals surface area (Å²) in [6.45, 7) is 0.725. The van der Waals surface area contributed by atoms with E-state index in [4.69, 9.17) is 10.00 Å². The second kappa shape index (κ2) is 7.10. The molecule has 0 saturated carbocycles. The van der Waals surface area contributed by atoms with Gasteiger partial charge in [-0.05, 0) is 30.2 Å². The van der Waals surface area contributed by atoms with E-state index in [1.807, 2.05) is 18.2 Å². The Balaban J connectivity index is 1.89. The molecule has 0 spiro atoms. The number of anilines is 1. The molecule has 2 rings (SSSR count). The van der Waals surface area contributed by atoms with Crippen LogP contribution >= 0.6 is 0 Å². The molecule has 0 fully saturated rings. The van der Waals surface area contributed by atoms with Gasteiger partial charge in [-0.25, -0.2) is 9.97 Å². The average Bonchev–Trinajstić information content (AvgIpc) is 2.48. The Labute approximate surface area is 118 Å². The van der Waals surface area contributed by atoms with E-state index in [9.17, 15) is 0 Å². The van der Waals surface area contributed by atoms with E-state index in [0.717, 1.165) is 24.4 Å². The maximum absolute atomic E-state index is 8.64. The van der Waals surface area contributed by atoms with Crippen molar-refractivity contribution < 1.29 is 4.74 Å². The Morgan fingerprint density at radius 2 is 2.25 bits per heavy atom. The Hall–Kier alpha value is -2.61. The number of nitriles is 1. The van der Waals surface area contributed by atoms with Crippen molar-refractivity contribution in [2.75, 3.05) is 19.0 Å². The highest BCUT2D eigenvalue weighted by Gasteiger charge is 2.00. The fourth-order valence-corrected chi connectivity index (χ4v) is 1.81. The maximum Gasteiger partial charge on any atom is 0.222 e. The zero-order chi connectivity index (χ0) is 14.2. The molecule has 0 unspecified atom stereocenters. The monoisotopic (exact) mass is 268 g/mol. The number of nitrogens with one attached hydrogen (secondary N) is 1. The second-order valence-electron chi connectivity index (χ2n) is 4.23. The van der Waals surface area contributed by atoms with Crippen molar-refractivity contribution >= 4 is 5.95 Å². The van der Waals surface area contributed by atoms with Crippen LogP contribution in [0.1, 0.15) is 11.3 Å². The smallest absolute Gasteiger partial charge is 0.222 e. The van der Waals surface area contributed by atoms with Crippen LogP contribution in [0.5, 0.6) is 5.75 Å². The molecule has 1 aromatic carbocycles. The molecule has 5 nitrogen and oxygen atoms in total. The lowest BCUT2D eigenvalue weighted by Crippen LogP contribution is -2.08. The van der Waals surface area contributed by atoms with E-state index >= 15 is 0 Å². The topological polar surface area (TPSA) is 70.8 Å². The molecule has 1 N–H and O–H groups in total. The van der Waals surface area contributed by atoms with Crippen LogP contribution < -0.4 is 10.1 Å². The Morgan fingerprint density at radius 3 is 3.05 bits per heavy atom. The van der Waals surface area contributed by atoms with Crippen LogP contribution in [0.2, 0.25) is 0 Å². The van der Waals surface area contributed by atoms with Crippen LogP contribution in [-0.4, -0.2) is 23.6 Å². The van der Waals surface area contributed by atoms with Gasteiger partial charge >= 0.3 is 0 Å². The SMILES string of the molecule is COc1cccc(CCNc2nccc(CC#N)n2)c1. The summed E-state index contributed by atoms with van der Waals surface area (Å²) in [7, 11) is 1.66. The molecule has 0 aliphatic heterocycles. The fraction of sp³-hybridized carbons (Fsp3) is 0.267. The maximum atomic E-state index is 8.64. The van der Waals surface area contributed by atoms with Gasteiger partial charge in [0.05, 0.1) is 25.3 Å². The minimum absolute atomic E-state index is 0.299. The molecule has 5 heteroatoms. The van der Waals surface area contributed by atoms with Crippen LogP contribution in [0.4, 0.5) is 5.95 Å². The van der Waals surface area contributed by atoms with Gasteiger partial charge in [0, 0.05) is 12.7 Å². The standard InChI is InChI=1S/C15H16N4O/c1-20-14-4-2-3-12(11-14)6-9-17-15-18-10-7-13(19-15)5-8-16/h2-4,7,10-11H,5-6,9H2,1H3,(H,17,18,19). The summed E-state index contributed by atoms with van der Waals surface area (Å²) >= 11 is 0. The molecule has 0 aliphatic carbocycles. The van der Waals surface area contributed by atoms with Gasteiger partial charge in [0.15, 0.2) is 0 Å². The largest absolute Gasteiger partial charge is 0.497 e. The number of aromatic nitrogens is 2. The van der Waals surface area contributed by atoms with Gasteiger partial charge in [-0.2, -0.15) is 5.26 Å². The summed E-state index contributed by atoms with van der Waals surface area (Å²) < 4.78 is 5.19. The highest BCUT2D eigenvalue weighted by molar-refractivity contribution is 5.30. The molecule has 0 atom stereocenters. The van der Waals surface area contributed by atoms with Crippen molar-refractivity contribution in [3.63, 3.8) is 0 Å². The highest BCUT2D eigenvalue weighted by Crippen LogP contribution is 2.13. The molecular formula is C15H16N4O. The molecule has 102 valence electrons. The minimum Gasteiger partial charge on any atom is -0.497 e. The lowest BCUT2D eigenvalue weighted by atomic mass is 10.1. The number of hydrogen-bond donors (Lipinski definition) is 1. The molecule has 0 radical (unpaired) electrons. The van der Waals surface area contributed by atoms with E-state index < -0.39 is 0 Å². The molecule has 0 bridgehead atoms. The molecule has 0 aliphatic rings. The Bertz CT molecular complexity index is 607. The van der Waals surface area contributed by atoms with E-state index in [1.54, 1.807) is 19.4 Å². The lowest BCUT2D eigenvalue weighted by Gasteiger charge is -2.06. The van der Waals surface area contributed by atoms with Gasteiger partial charge in [-0.3, -0.25) is 0 Å². The summed E-state index contributed by atoms with van der Waals surface area (Å²) in [6, 6.07) is 11.8. The number of ether oxygens (including phenoxy) is 1. The third kappa shape index (κ3) is 3.95. The third-order valence-electron chi connectivity index (χ3n) is 2.80. The first kappa shape index (κ1) is 13.8. The van der Waals surface area contributed by atoms with Gasteiger partial charge < -0.3 is 10.1 Å². The summed E-state index contributed by atoms with van der Waals surface area (Å²) in [5.41, 5.74) is 1.91. The average molecular weight is 268 g/mol. The molecule has 0 saturated heterocycles. The van der Waals surface area contributed by atoms with Gasteiger partial charge in [-0.15, -0.1) is 0 Å². The summed E-state index contributed by atoms with van der Waals surface area (Å²) in [5.74, 6) is 1.41. The van der Waals surface area contributed by atoms with Gasteiger partial charge in [0.1, 0.15) is 5.75 Å². The molecular weight excluding hydrogens is 252 g/mol. The van der Waals surface area contributed by atoms with Crippen molar-refractivity contribution in [2.24, 2.45) is 0 Å². The van der Waals surface area contributed by atoms with Crippen molar-refractivity contribution in [3.05, 3.63) is 47.8 Å². The number of methoxy groups -OCH3 is 1. The first-order chi connectivity index (χ1) is 9.81. The molecule has 0 amide bonds. The van der Waals surface area contributed by atoms with Crippen molar-refractivity contribution in [1.29, 1.82) is 5.26 Å². The summed E-state index contributed by atoms with van der Waals surface area (Å²) in [5, 5.41) is 11.8. The number of hydrogen-bond acceptors (Lipinski definition) is 5. The van der Waals surface area contributed by atoms with E-state index in [-0.39, 0.29) is 0 Å². The Morgan fingerprint density at radius 1 is 1.35 bits per heavy atom. The lowest BCUT2D eigenvalue weighted by molar-refractivity contribution is 0.414. The van der Waals surface area contributed by atoms with Crippen molar-refractivity contribution in [1.82, 2.24) is 9.97 Å². The zero-order valence-electron chi connectivity index (χ0n) is 11.3. The quantitative estimate of drug-likeness (QED) is 0.869. The first-order valence-electron chi connectivity index (χ1n) is 6.37. The molecule has 2 aromatic rings. The number of rotatable bonds is 6. The molecule has 20 heavy (non-hydrogen) atoms. The van der Waals surface area contributed by atoms with Crippen molar-refractivity contribution in [3.8, 4) is 11.8 Å². The van der Waals surface area contributed by atoms with Gasteiger partial charge in [0.2, 0.25) is 5.95 Å². The van der Waals surface area contributed by atoms with Crippen LogP contribution in [0.25, 0.3) is 0 Å². The minimum atomic E-state index is 0.299. The predicted molar refractivity (Wildman–Crippen MR) is 76.5 cm³/mol. The van der Waals surface area contributed by atoms with E-state index in [1.165, 1.54) is 5.56 Å². The van der Waals surface area contributed by atoms with Gasteiger partial charge in [0.25, 0.3) is 0 Å². The number of nitrogens with zero attached hydrogens (tertiary/aromatic N) is 3. The summed E-state index contributed by atoms with van der Waals surface area (Å²) in [4.78, 5) is 8.39. The predicted octanol–water partition coefficient (Wildman–Crippen LogP) is 2.21. The second-order valence-corrected chi connectivity index (χ2v) is 4.23. The van der Waals surface area contributed by atoms with Crippen molar-refractivity contribution in [2.45, 2.75) is 12.8 Å². The van der Waals surface area contributed by atoms with E-state index in [2.05, 4.69) is 27.4 Å². The normalized spacial score (nSPS) is 9.80. The van der Waals surface area contributed by atoms with Crippen LogP contribution in [0.3, 0.4) is 0 Å². The highest BCUT2D eigenvalue weighted by atomic mass is 16.5. The van der Waals surface area contributed by atoms with Crippen LogP contribution in [0, 0.1) is 11.3 Å². The van der Waals surface area contributed by atoms with Crippen LogP contribution in [0.15, 0.2) is 36.5 Å². The molecule has 1 heterocycles. The summed E-state index contributed by atoms with van der Waals surface area (Å²) in [6.07, 6.45) is 2.81. The Kier molecular flexibility index (Phi) is 4.90.